The minimum absolute atomic E-state index is 0.146. The van der Waals surface area contributed by atoms with E-state index in [0.717, 1.165) is 25.8 Å². The Balaban J connectivity index is 1.39. The van der Waals surface area contributed by atoms with Crippen molar-refractivity contribution in [3.63, 3.8) is 0 Å². The second kappa shape index (κ2) is 11.8. The number of allylic oxidation sites excluding steroid dienone is 1. The molecule has 2 amide bonds. The molecule has 7 heteroatoms. The first-order chi connectivity index (χ1) is 16.6. The second-order valence-corrected chi connectivity index (χ2v) is 9.93. The molecule has 1 unspecified atom stereocenters. The van der Waals surface area contributed by atoms with E-state index < -0.39 is 0 Å². The van der Waals surface area contributed by atoms with E-state index in [1.54, 1.807) is 30.2 Å². The monoisotopic (exact) mass is 468 g/mol. The number of likely N-dealkylation sites (tertiary alicyclic amines) is 1. The molecule has 186 valence electrons. The van der Waals surface area contributed by atoms with Gasteiger partial charge in [-0.3, -0.25) is 9.59 Å². The molecule has 3 aliphatic rings. The summed E-state index contributed by atoms with van der Waals surface area (Å²) in [6.07, 6.45) is 15.2. The zero-order valence-electron chi connectivity index (χ0n) is 20.9. The van der Waals surface area contributed by atoms with Crippen LogP contribution in [0.5, 0.6) is 5.88 Å². The highest BCUT2D eigenvalue weighted by Gasteiger charge is 2.33. The van der Waals surface area contributed by atoms with Gasteiger partial charge in [-0.05, 0) is 70.1 Å². The fraction of sp³-hybridized carbons (Fsp3) is 0.667. The van der Waals surface area contributed by atoms with Crippen molar-refractivity contribution in [2.75, 3.05) is 31.1 Å². The summed E-state index contributed by atoms with van der Waals surface area (Å²) in [5.74, 6) is 0.877. The van der Waals surface area contributed by atoms with Gasteiger partial charge in [0.25, 0.3) is 11.8 Å². The Labute approximate surface area is 203 Å². The first kappa shape index (κ1) is 24.7. The first-order valence-corrected chi connectivity index (χ1v) is 13.3. The molecule has 0 bridgehead atoms. The zero-order valence-corrected chi connectivity index (χ0v) is 20.9. The number of aromatic nitrogens is 1. The lowest BCUT2D eigenvalue weighted by atomic mass is 9.88. The van der Waals surface area contributed by atoms with Gasteiger partial charge in [-0.1, -0.05) is 32.6 Å². The number of carbonyl (C=O) groups is 2. The molecule has 0 radical (unpaired) electrons. The molecule has 0 aromatic carbocycles. The van der Waals surface area contributed by atoms with Gasteiger partial charge in [0.05, 0.1) is 5.56 Å². The molecule has 1 saturated heterocycles. The van der Waals surface area contributed by atoms with Crippen LogP contribution >= 0.6 is 0 Å². The highest BCUT2D eigenvalue weighted by molar-refractivity contribution is 6.08. The fourth-order valence-electron chi connectivity index (χ4n) is 5.62. The summed E-state index contributed by atoms with van der Waals surface area (Å²) in [5.41, 5.74) is 1.07. The number of amides is 2. The molecule has 7 nitrogen and oxygen atoms in total. The van der Waals surface area contributed by atoms with E-state index in [2.05, 4.69) is 22.1 Å². The van der Waals surface area contributed by atoms with Crippen LogP contribution in [0.4, 0.5) is 5.69 Å². The van der Waals surface area contributed by atoms with Gasteiger partial charge in [0.15, 0.2) is 5.76 Å². The summed E-state index contributed by atoms with van der Waals surface area (Å²) in [7, 11) is 0. The quantitative estimate of drug-likeness (QED) is 0.443. The van der Waals surface area contributed by atoms with Gasteiger partial charge in [0.2, 0.25) is 5.88 Å². The molecule has 1 atom stereocenters. The maximum Gasteiger partial charge on any atom is 0.293 e. The van der Waals surface area contributed by atoms with Crippen molar-refractivity contribution >= 4 is 17.5 Å². The van der Waals surface area contributed by atoms with E-state index in [1.165, 1.54) is 51.5 Å². The van der Waals surface area contributed by atoms with Gasteiger partial charge in [0.1, 0.15) is 5.69 Å². The fourth-order valence-corrected chi connectivity index (χ4v) is 5.62. The van der Waals surface area contributed by atoms with Crippen LogP contribution in [-0.2, 0) is 4.79 Å². The molecule has 34 heavy (non-hydrogen) atoms. The Hall–Kier alpha value is -2.41. The summed E-state index contributed by atoms with van der Waals surface area (Å²) in [4.78, 5) is 34.7. The third kappa shape index (κ3) is 5.80. The molecular weight excluding hydrogens is 428 g/mol. The Kier molecular flexibility index (Phi) is 8.59. The largest absolute Gasteiger partial charge is 0.432 e. The smallest absolute Gasteiger partial charge is 0.293 e. The summed E-state index contributed by atoms with van der Waals surface area (Å²) >= 11 is 0. The van der Waals surface area contributed by atoms with Crippen molar-refractivity contribution in [1.82, 2.24) is 15.2 Å². The van der Waals surface area contributed by atoms with Crippen LogP contribution in [0.1, 0.15) is 88.4 Å². The van der Waals surface area contributed by atoms with E-state index in [1.807, 2.05) is 0 Å². The van der Waals surface area contributed by atoms with Crippen LogP contribution in [0, 0.1) is 5.92 Å². The lowest BCUT2D eigenvalue weighted by molar-refractivity contribution is -0.118. The van der Waals surface area contributed by atoms with Crippen molar-refractivity contribution in [3.8, 4) is 5.88 Å². The van der Waals surface area contributed by atoms with Crippen molar-refractivity contribution in [2.24, 2.45) is 5.92 Å². The predicted octanol–water partition coefficient (Wildman–Crippen LogP) is 4.68. The highest BCUT2D eigenvalue weighted by Crippen LogP contribution is 2.36. The molecule has 1 N–H and O–H groups in total. The standard InChI is InChI=1S/C27H40N4O3/c1-3-22-13-8-9-15-30(22)16-10-14-28-25(32)21-17-23-26(29-18-21)34-24(4-2)27(33)31(23)19-20-11-6-5-7-12-20/h4,17-18,20,22H,3,5-16,19H2,1-2H3,(H,28,32)/b24-4-. The number of carbonyl (C=O) groups excluding carboxylic acids is 2. The van der Waals surface area contributed by atoms with Crippen molar-refractivity contribution < 1.29 is 14.3 Å². The third-order valence-electron chi connectivity index (χ3n) is 7.60. The Morgan fingerprint density at radius 2 is 2.00 bits per heavy atom. The minimum atomic E-state index is -0.150. The van der Waals surface area contributed by atoms with E-state index in [9.17, 15) is 9.59 Å². The number of pyridine rings is 1. The van der Waals surface area contributed by atoms with Crippen molar-refractivity contribution in [3.05, 3.63) is 29.7 Å². The molecule has 0 spiro atoms. The van der Waals surface area contributed by atoms with Gasteiger partial charge in [-0.2, -0.15) is 0 Å². The third-order valence-corrected chi connectivity index (χ3v) is 7.60. The highest BCUT2D eigenvalue weighted by atomic mass is 16.5. The number of rotatable bonds is 8. The Bertz CT molecular complexity index is 894. The van der Waals surface area contributed by atoms with Crippen LogP contribution in [0.25, 0.3) is 0 Å². The molecule has 4 rings (SSSR count). The molecule has 1 aliphatic carbocycles. The molecule has 2 aliphatic heterocycles. The minimum Gasteiger partial charge on any atom is -0.432 e. The van der Waals surface area contributed by atoms with Crippen LogP contribution < -0.4 is 15.0 Å². The van der Waals surface area contributed by atoms with Gasteiger partial charge in [-0.25, -0.2) is 4.98 Å². The molecule has 3 heterocycles. The molecule has 1 aromatic heterocycles. The number of fused-ring (bicyclic) bond motifs is 1. The van der Waals surface area contributed by atoms with Crippen LogP contribution in [0.2, 0.25) is 0 Å². The van der Waals surface area contributed by atoms with E-state index in [-0.39, 0.29) is 11.8 Å². The molecule has 1 aromatic rings. The van der Waals surface area contributed by atoms with E-state index in [0.29, 0.717) is 47.9 Å². The molecule has 2 fully saturated rings. The summed E-state index contributed by atoms with van der Waals surface area (Å²) in [6, 6.07) is 2.45. The maximum absolute atomic E-state index is 13.1. The van der Waals surface area contributed by atoms with Crippen LogP contribution in [-0.4, -0.2) is 53.9 Å². The first-order valence-electron chi connectivity index (χ1n) is 13.3. The lowest BCUT2D eigenvalue weighted by Crippen LogP contribution is -2.41. The SMILES string of the molecule is C/C=C1\Oc2ncc(C(=O)NCCCN3CCCCC3CC)cc2N(CC2CCCCC2)C1=O. The Morgan fingerprint density at radius 1 is 1.21 bits per heavy atom. The van der Waals surface area contributed by atoms with Crippen molar-refractivity contribution in [2.45, 2.75) is 84.1 Å². The average molecular weight is 469 g/mol. The normalized spacial score (nSPS) is 23.0. The number of hydrogen-bond donors (Lipinski definition) is 1. The lowest BCUT2D eigenvalue weighted by Gasteiger charge is -2.35. The number of nitrogens with one attached hydrogen (secondary N) is 1. The second-order valence-electron chi connectivity index (χ2n) is 9.93. The predicted molar refractivity (Wildman–Crippen MR) is 134 cm³/mol. The number of piperidine rings is 1. The maximum atomic E-state index is 13.1. The number of nitrogens with zero attached hydrogens (tertiary/aromatic N) is 3. The van der Waals surface area contributed by atoms with Gasteiger partial charge >= 0.3 is 0 Å². The molecule has 1 saturated carbocycles. The van der Waals surface area contributed by atoms with Gasteiger partial charge in [0, 0.05) is 31.9 Å². The average Bonchev–Trinajstić information content (AvgIpc) is 2.88. The van der Waals surface area contributed by atoms with Crippen LogP contribution in [0.15, 0.2) is 24.1 Å². The van der Waals surface area contributed by atoms with Crippen molar-refractivity contribution in [1.29, 1.82) is 0 Å². The number of ether oxygens (including phenoxy) is 1. The van der Waals surface area contributed by atoms with E-state index in [4.69, 9.17) is 4.74 Å². The summed E-state index contributed by atoms with van der Waals surface area (Å²) in [6.45, 7) is 7.52. The number of anilines is 1. The van der Waals surface area contributed by atoms with Gasteiger partial charge in [-0.15, -0.1) is 0 Å². The van der Waals surface area contributed by atoms with Gasteiger partial charge < -0.3 is 19.9 Å². The Morgan fingerprint density at radius 3 is 2.76 bits per heavy atom. The summed E-state index contributed by atoms with van der Waals surface area (Å²) < 4.78 is 5.76. The summed E-state index contributed by atoms with van der Waals surface area (Å²) in [5, 5.41) is 3.04. The van der Waals surface area contributed by atoms with E-state index >= 15 is 0 Å². The topological polar surface area (TPSA) is 74.8 Å². The zero-order chi connectivity index (χ0) is 23.9. The molecular formula is C27H40N4O3. The van der Waals surface area contributed by atoms with Crippen LogP contribution in [0.3, 0.4) is 0 Å². The number of hydrogen-bond acceptors (Lipinski definition) is 5.